The van der Waals surface area contributed by atoms with Crippen molar-refractivity contribution < 1.29 is 4.79 Å². The molecular weight excluding hydrogens is 296 g/mol. The number of fused-ring (bicyclic) bond motifs is 1. The highest BCUT2D eigenvalue weighted by molar-refractivity contribution is 5.79. The van der Waals surface area contributed by atoms with Crippen LogP contribution in [0.4, 0.5) is 0 Å². The molecule has 1 amide bonds. The van der Waals surface area contributed by atoms with E-state index in [-0.39, 0.29) is 0 Å². The summed E-state index contributed by atoms with van der Waals surface area (Å²) in [6.07, 6.45) is 10.6. The van der Waals surface area contributed by atoms with Gasteiger partial charge in [0.15, 0.2) is 0 Å². The lowest BCUT2D eigenvalue weighted by Gasteiger charge is -2.38. The highest BCUT2D eigenvalue weighted by Crippen LogP contribution is 2.25. The molecule has 24 heavy (non-hydrogen) atoms. The molecule has 0 aromatic heterocycles. The van der Waals surface area contributed by atoms with Crippen molar-refractivity contribution in [1.82, 2.24) is 9.80 Å². The zero-order valence-corrected chi connectivity index (χ0v) is 14.8. The minimum Gasteiger partial charge on any atom is -0.338 e. The molecule has 2 fully saturated rings. The smallest absolute Gasteiger partial charge is 0.227 e. The van der Waals surface area contributed by atoms with Crippen molar-refractivity contribution in [3.05, 3.63) is 34.9 Å². The summed E-state index contributed by atoms with van der Waals surface area (Å²) >= 11 is 0. The third kappa shape index (κ3) is 3.51. The van der Waals surface area contributed by atoms with E-state index in [0.29, 0.717) is 18.4 Å². The van der Waals surface area contributed by atoms with Gasteiger partial charge in [-0.3, -0.25) is 4.79 Å². The van der Waals surface area contributed by atoms with Gasteiger partial charge in [0.2, 0.25) is 5.91 Å². The topological polar surface area (TPSA) is 23.6 Å². The summed E-state index contributed by atoms with van der Waals surface area (Å²) in [6.45, 7) is 4.50. The summed E-state index contributed by atoms with van der Waals surface area (Å²) in [7, 11) is 0. The molecule has 1 aromatic rings. The van der Waals surface area contributed by atoms with Crippen LogP contribution in [0.25, 0.3) is 0 Å². The number of piperidine rings is 1. The molecule has 0 spiro atoms. The second-order valence-electron chi connectivity index (χ2n) is 7.88. The number of carbonyl (C=O) groups is 1. The van der Waals surface area contributed by atoms with Gasteiger partial charge in [-0.25, -0.2) is 0 Å². The molecule has 1 aromatic carbocycles. The Balaban J connectivity index is 1.41. The summed E-state index contributed by atoms with van der Waals surface area (Å²) in [4.78, 5) is 17.7. The Morgan fingerprint density at radius 1 is 0.958 bits per heavy atom. The fourth-order valence-electron chi connectivity index (χ4n) is 4.79. The lowest BCUT2D eigenvalue weighted by Crippen LogP contribution is -2.49. The second kappa shape index (κ2) is 7.26. The summed E-state index contributed by atoms with van der Waals surface area (Å²) < 4.78 is 0. The van der Waals surface area contributed by atoms with Gasteiger partial charge in [-0.1, -0.05) is 18.2 Å². The van der Waals surface area contributed by atoms with E-state index in [1.165, 1.54) is 81.1 Å². The van der Waals surface area contributed by atoms with Crippen LogP contribution in [0.2, 0.25) is 0 Å². The highest BCUT2D eigenvalue weighted by Gasteiger charge is 2.29. The van der Waals surface area contributed by atoms with Gasteiger partial charge in [-0.15, -0.1) is 0 Å². The lowest BCUT2D eigenvalue weighted by molar-refractivity contribution is -0.134. The lowest BCUT2D eigenvalue weighted by atomic mass is 9.99. The van der Waals surface area contributed by atoms with Gasteiger partial charge in [0.25, 0.3) is 0 Å². The van der Waals surface area contributed by atoms with Crippen LogP contribution in [0.5, 0.6) is 0 Å². The average Bonchev–Trinajstić information content (AvgIpc) is 3.26. The Hall–Kier alpha value is -1.35. The Bertz CT molecular complexity index is 592. The third-order valence-electron chi connectivity index (χ3n) is 6.13. The van der Waals surface area contributed by atoms with Gasteiger partial charge in [0.05, 0.1) is 6.42 Å². The maximum absolute atomic E-state index is 13.0. The molecule has 2 aliphatic heterocycles. The Labute approximate surface area is 146 Å². The number of carbonyl (C=O) groups excluding carboxylic acids is 1. The summed E-state index contributed by atoms with van der Waals surface area (Å²) in [5.41, 5.74) is 4.19. The van der Waals surface area contributed by atoms with Crippen LogP contribution in [-0.2, 0) is 24.1 Å². The monoisotopic (exact) mass is 326 g/mol. The zero-order chi connectivity index (χ0) is 16.4. The normalized spacial score (nSPS) is 24.3. The molecule has 1 aliphatic carbocycles. The number of likely N-dealkylation sites (tertiary alicyclic amines) is 2. The molecule has 3 heteroatoms. The van der Waals surface area contributed by atoms with Crippen LogP contribution >= 0.6 is 0 Å². The first kappa shape index (κ1) is 16.1. The number of benzene rings is 1. The van der Waals surface area contributed by atoms with Crippen molar-refractivity contribution in [3.63, 3.8) is 0 Å². The predicted octanol–water partition coefficient (Wildman–Crippen LogP) is 3.19. The molecule has 0 bridgehead atoms. The predicted molar refractivity (Wildman–Crippen MR) is 97.2 cm³/mol. The molecule has 1 atom stereocenters. The fraction of sp³-hybridized carbons (Fsp3) is 0.667. The highest BCUT2D eigenvalue weighted by atomic mass is 16.2. The molecule has 2 heterocycles. The fourth-order valence-corrected chi connectivity index (χ4v) is 4.79. The molecule has 130 valence electrons. The van der Waals surface area contributed by atoms with Crippen molar-refractivity contribution in [2.75, 3.05) is 26.2 Å². The van der Waals surface area contributed by atoms with E-state index in [1.54, 1.807) is 0 Å². The number of hydrogen-bond donors (Lipinski definition) is 0. The van der Waals surface area contributed by atoms with E-state index in [1.807, 2.05) is 0 Å². The van der Waals surface area contributed by atoms with Crippen molar-refractivity contribution in [3.8, 4) is 0 Å². The molecule has 4 rings (SSSR count). The van der Waals surface area contributed by atoms with Crippen LogP contribution in [0.1, 0.15) is 55.2 Å². The van der Waals surface area contributed by atoms with Gasteiger partial charge in [-0.05, 0) is 81.1 Å². The second-order valence-corrected chi connectivity index (χ2v) is 7.88. The first-order chi connectivity index (χ1) is 11.8. The first-order valence-electron chi connectivity index (χ1n) is 9.92. The molecule has 0 N–H and O–H groups in total. The summed E-state index contributed by atoms with van der Waals surface area (Å²) in [5, 5.41) is 0. The van der Waals surface area contributed by atoms with Gasteiger partial charge in [0, 0.05) is 19.1 Å². The molecular formula is C21H30N2O. The first-order valence-corrected chi connectivity index (χ1v) is 9.92. The Kier molecular flexibility index (Phi) is 4.88. The van der Waals surface area contributed by atoms with Gasteiger partial charge >= 0.3 is 0 Å². The van der Waals surface area contributed by atoms with Crippen LogP contribution < -0.4 is 0 Å². The summed E-state index contributed by atoms with van der Waals surface area (Å²) in [6, 6.07) is 7.17. The summed E-state index contributed by atoms with van der Waals surface area (Å²) in [5.74, 6) is 0.344. The average molecular weight is 326 g/mol. The number of hydrogen-bond acceptors (Lipinski definition) is 2. The largest absolute Gasteiger partial charge is 0.338 e. The number of nitrogens with zero attached hydrogens (tertiary/aromatic N) is 2. The molecule has 2 saturated heterocycles. The molecule has 3 aliphatic rings. The van der Waals surface area contributed by atoms with Gasteiger partial charge in [-0.2, -0.15) is 0 Å². The molecule has 0 radical (unpaired) electrons. The molecule has 1 unspecified atom stereocenters. The van der Waals surface area contributed by atoms with E-state index < -0.39 is 0 Å². The van der Waals surface area contributed by atoms with E-state index >= 15 is 0 Å². The zero-order valence-electron chi connectivity index (χ0n) is 14.8. The van der Waals surface area contributed by atoms with E-state index in [9.17, 15) is 4.79 Å². The van der Waals surface area contributed by atoms with E-state index in [2.05, 4.69) is 28.0 Å². The maximum atomic E-state index is 13.0. The van der Waals surface area contributed by atoms with Gasteiger partial charge < -0.3 is 9.80 Å². The standard InChI is InChI=1S/C21H30N2O/c24-21(15-17-9-10-18-6-5-7-19(18)14-17)23-13-2-1-8-20(23)16-22-11-3-4-12-22/h9-10,14,20H,1-8,11-13,15-16H2. The Morgan fingerprint density at radius 3 is 2.62 bits per heavy atom. The van der Waals surface area contributed by atoms with Crippen LogP contribution in [0.15, 0.2) is 18.2 Å². The minimum atomic E-state index is 0.344. The van der Waals surface area contributed by atoms with Crippen molar-refractivity contribution in [2.45, 2.75) is 63.8 Å². The molecule has 0 saturated carbocycles. The number of aryl methyl sites for hydroxylation is 2. The number of amides is 1. The van der Waals surface area contributed by atoms with Crippen molar-refractivity contribution in [1.29, 1.82) is 0 Å². The van der Waals surface area contributed by atoms with Crippen molar-refractivity contribution in [2.24, 2.45) is 0 Å². The van der Waals surface area contributed by atoms with E-state index in [4.69, 9.17) is 0 Å². The van der Waals surface area contributed by atoms with E-state index in [0.717, 1.165) is 13.1 Å². The number of rotatable bonds is 4. The molecule has 3 nitrogen and oxygen atoms in total. The van der Waals surface area contributed by atoms with Crippen LogP contribution in [0, 0.1) is 0 Å². The SMILES string of the molecule is O=C(Cc1ccc2c(c1)CCC2)N1CCCCC1CN1CCCC1. The maximum Gasteiger partial charge on any atom is 0.227 e. The minimum absolute atomic E-state index is 0.344. The quantitative estimate of drug-likeness (QED) is 0.848. The Morgan fingerprint density at radius 2 is 1.75 bits per heavy atom. The van der Waals surface area contributed by atoms with Crippen LogP contribution in [-0.4, -0.2) is 47.9 Å². The van der Waals surface area contributed by atoms with Crippen LogP contribution in [0.3, 0.4) is 0 Å². The van der Waals surface area contributed by atoms with Crippen molar-refractivity contribution >= 4 is 5.91 Å². The third-order valence-corrected chi connectivity index (χ3v) is 6.13. The van der Waals surface area contributed by atoms with Gasteiger partial charge in [0.1, 0.15) is 0 Å².